The van der Waals surface area contributed by atoms with Gasteiger partial charge in [0.25, 0.3) is 5.91 Å². The Labute approximate surface area is 201 Å². The Morgan fingerprint density at radius 2 is 2.06 bits per heavy atom. The molecule has 35 heavy (non-hydrogen) atoms. The fourth-order valence-electron chi connectivity index (χ4n) is 4.50. The lowest BCUT2D eigenvalue weighted by atomic mass is 10.1. The number of rotatable bonds is 6. The summed E-state index contributed by atoms with van der Waals surface area (Å²) in [7, 11) is 0. The van der Waals surface area contributed by atoms with Gasteiger partial charge in [-0.2, -0.15) is 10.4 Å². The van der Waals surface area contributed by atoms with Crippen molar-refractivity contribution in [3.63, 3.8) is 0 Å². The van der Waals surface area contributed by atoms with Gasteiger partial charge in [-0.25, -0.2) is 14.4 Å². The largest absolute Gasteiger partial charge is 0.346 e. The number of nitriles is 1. The highest BCUT2D eigenvalue weighted by Gasteiger charge is 2.25. The first-order chi connectivity index (χ1) is 17.0. The van der Waals surface area contributed by atoms with E-state index in [9.17, 15) is 14.4 Å². The van der Waals surface area contributed by atoms with E-state index in [0.29, 0.717) is 50.3 Å². The number of hydrogen-bond donors (Lipinski definition) is 1. The number of nitrogens with one attached hydrogen (secondary N) is 1. The number of hydrogen-bond acceptors (Lipinski definition) is 6. The molecule has 1 unspecified atom stereocenters. The van der Waals surface area contributed by atoms with Crippen LogP contribution in [-0.2, 0) is 0 Å². The van der Waals surface area contributed by atoms with Crippen molar-refractivity contribution >= 4 is 16.9 Å². The van der Waals surface area contributed by atoms with Crippen molar-refractivity contribution in [2.45, 2.75) is 19.4 Å². The summed E-state index contributed by atoms with van der Waals surface area (Å²) in [5, 5.41) is 14.9. The third kappa shape index (κ3) is 4.63. The Morgan fingerprint density at radius 1 is 1.23 bits per heavy atom. The van der Waals surface area contributed by atoms with Crippen molar-refractivity contribution in [3.05, 3.63) is 66.1 Å². The molecule has 1 atom stereocenters. The van der Waals surface area contributed by atoms with Gasteiger partial charge in [-0.15, -0.1) is 0 Å². The summed E-state index contributed by atoms with van der Waals surface area (Å²) >= 11 is 0. The molecular formula is C25H25FN8O. The number of H-pyrrole nitrogens is 1. The molecule has 0 spiro atoms. The summed E-state index contributed by atoms with van der Waals surface area (Å²) in [6, 6.07) is 8.56. The number of fused-ring (bicyclic) bond motifs is 1. The summed E-state index contributed by atoms with van der Waals surface area (Å²) in [4.78, 5) is 28.6. The molecule has 1 aromatic carbocycles. The van der Waals surface area contributed by atoms with Crippen LogP contribution in [0.1, 0.15) is 28.4 Å². The minimum atomic E-state index is -0.311. The van der Waals surface area contributed by atoms with Gasteiger partial charge in [-0.05, 0) is 36.8 Å². The van der Waals surface area contributed by atoms with Crippen LogP contribution in [0.15, 0.2) is 49.2 Å². The molecule has 1 aliphatic rings. The topological polar surface area (TPSA) is 107 Å². The van der Waals surface area contributed by atoms with Crippen molar-refractivity contribution in [3.8, 4) is 17.3 Å². The standard InChI is InChI=1S/C25H25FN8O/c1-17-12-18(2-3-22(17)26)25(35)33-10-8-32(9-11-33)15-20(4-6-27)34-14-19(13-31-34)23-21-5-7-28-24(21)30-16-29-23/h2-3,5,7,12-14,16,20H,4,8-11,15H2,1H3,(H,28,29,30). The lowest BCUT2D eigenvalue weighted by Gasteiger charge is -2.36. The van der Waals surface area contributed by atoms with Crippen LogP contribution >= 0.6 is 0 Å². The molecule has 0 radical (unpaired) electrons. The van der Waals surface area contributed by atoms with E-state index in [-0.39, 0.29) is 17.8 Å². The van der Waals surface area contributed by atoms with Crippen LogP contribution in [0.5, 0.6) is 0 Å². The van der Waals surface area contributed by atoms with E-state index in [1.807, 2.05) is 23.1 Å². The Hall–Kier alpha value is -4.10. The molecule has 178 valence electrons. The van der Waals surface area contributed by atoms with Crippen LogP contribution < -0.4 is 0 Å². The highest BCUT2D eigenvalue weighted by molar-refractivity contribution is 5.94. The van der Waals surface area contributed by atoms with Crippen LogP contribution in [0.2, 0.25) is 0 Å². The second-order valence-corrected chi connectivity index (χ2v) is 8.74. The van der Waals surface area contributed by atoms with Crippen LogP contribution in [-0.4, -0.2) is 73.2 Å². The lowest BCUT2D eigenvalue weighted by molar-refractivity contribution is 0.0617. The zero-order valence-electron chi connectivity index (χ0n) is 19.4. The van der Waals surface area contributed by atoms with Gasteiger partial charge in [0.1, 0.15) is 17.8 Å². The summed E-state index contributed by atoms with van der Waals surface area (Å²) in [6.07, 6.45) is 7.35. The molecule has 0 aliphatic carbocycles. The molecule has 1 aliphatic heterocycles. The Kier molecular flexibility index (Phi) is 6.25. The zero-order chi connectivity index (χ0) is 24.4. The molecule has 1 saturated heterocycles. The van der Waals surface area contributed by atoms with Gasteiger partial charge in [0.2, 0.25) is 0 Å². The third-order valence-electron chi connectivity index (χ3n) is 6.46. The number of carbonyl (C=O) groups is 1. The number of amides is 1. The zero-order valence-corrected chi connectivity index (χ0v) is 19.4. The van der Waals surface area contributed by atoms with Crippen LogP contribution in [0, 0.1) is 24.1 Å². The first-order valence-electron chi connectivity index (χ1n) is 11.5. The minimum absolute atomic E-state index is 0.0843. The van der Waals surface area contributed by atoms with E-state index in [2.05, 4.69) is 31.0 Å². The number of nitrogens with zero attached hydrogens (tertiary/aromatic N) is 7. The maximum absolute atomic E-state index is 13.6. The smallest absolute Gasteiger partial charge is 0.253 e. The number of halogens is 1. The lowest BCUT2D eigenvalue weighted by Crippen LogP contribution is -2.50. The molecule has 9 nitrogen and oxygen atoms in total. The van der Waals surface area contributed by atoms with Gasteiger partial charge < -0.3 is 9.88 Å². The number of aromatic nitrogens is 5. The highest BCUT2D eigenvalue weighted by atomic mass is 19.1. The molecule has 4 heterocycles. The molecule has 1 N–H and O–H groups in total. The van der Waals surface area contributed by atoms with Crippen molar-refractivity contribution in [2.24, 2.45) is 0 Å². The van der Waals surface area contributed by atoms with E-state index in [4.69, 9.17) is 0 Å². The molecule has 10 heteroatoms. The van der Waals surface area contributed by atoms with Gasteiger partial charge >= 0.3 is 0 Å². The molecule has 3 aromatic heterocycles. The summed E-state index contributed by atoms with van der Waals surface area (Å²) in [5.74, 6) is -0.395. The minimum Gasteiger partial charge on any atom is -0.346 e. The van der Waals surface area contributed by atoms with Crippen LogP contribution in [0.25, 0.3) is 22.3 Å². The Bertz CT molecular complexity index is 1400. The van der Waals surface area contributed by atoms with E-state index in [1.165, 1.54) is 18.5 Å². The van der Waals surface area contributed by atoms with E-state index >= 15 is 0 Å². The Morgan fingerprint density at radius 3 is 2.83 bits per heavy atom. The first-order valence-corrected chi connectivity index (χ1v) is 11.5. The van der Waals surface area contributed by atoms with Gasteiger partial charge in [0, 0.05) is 61.6 Å². The average Bonchev–Trinajstić information content (AvgIpc) is 3.55. The fourth-order valence-corrected chi connectivity index (χ4v) is 4.50. The number of carbonyl (C=O) groups excluding carboxylic acids is 1. The first kappa shape index (κ1) is 22.7. The van der Waals surface area contributed by atoms with Crippen molar-refractivity contribution in [1.82, 2.24) is 34.5 Å². The number of benzene rings is 1. The maximum atomic E-state index is 13.6. The predicted molar refractivity (Wildman–Crippen MR) is 128 cm³/mol. The summed E-state index contributed by atoms with van der Waals surface area (Å²) < 4.78 is 15.4. The van der Waals surface area contributed by atoms with Gasteiger partial charge in [0.05, 0.1) is 30.4 Å². The summed E-state index contributed by atoms with van der Waals surface area (Å²) in [5.41, 5.74) is 3.39. The second kappa shape index (κ2) is 9.64. The normalized spacial score (nSPS) is 15.3. The molecule has 0 bridgehead atoms. The molecule has 1 amide bonds. The average molecular weight is 473 g/mol. The second-order valence-electron chi connectivity index (χ2n) is 8.74. The summed E-state index contributed by atoms with van der Waals surface area (Å²) in [6.45, 7) is 4.84. The van der Waals surface area contributed by atoms with Crippen LogP contribution in [0.4, 0.5) is 4.39 Å². The monoisotopic (exact) mass is 472 g/mol. The molecule has 0 saturated carbocycles. The van der Waals surface area contributed by atoms with Crippen LogP contribution in [0.3, 0.4) is 0 Å². The van der Waals surface area contributed by atoms with E-state index in [0.717, 1.165) is 22.3 Å². The van der Waals surface area contributed by atoms with E-state index < -0.39 is 0 Å². The molecule has 1 fully saturated rings. The van der Waals surface area contributed by atoms with Crippen molar-refractivity contribution in [2.75, 3.05) is 32.7 Å². The SMILES string of the molecule is Cc1cc(C(=O)N2CCN(CC(CC#N)n3cc(-c4ncnc5[nH]ccc45)cn3)CC2)ccc1F. The predicted octanol–water partition coefficient (Wildman–Crippen LogP) is 3.18. The van der Waals surface area contributed by atoms with Crippen molar-refractivity contribution in [1.29, 1.82) is 5.26 Å². The number of aryl methyl sites for hydroxylation is 1. The molecule has 4 aromatic rings. The fraction of sp³-hybridized carbons (Fsp3) is 0.320. The van der Waals surface area contributed by atoms with Gasteiger partial charge in [-0.1, -0.05) is 0 Å². The molecule has 5 rings (SSSR count). The quantitative estimate of drug-likeness (QED) is 0.462. The Balaban J connectivity index is 1.25. The van der Waals surface area contributed by atoms with E-state index in [1.54, 1.807) is 24.1 Å². The van der Waals surface area contributed by atoms with Crippen molar-refractivity contribution < 1.29 is 9.18 Å². The number of aromatic amines is 1. The molecular weight excluding hydrogens is 447 g/mol. The van der Waals surface area contributed by atoms with Gasteiger partial charge in [-0.3, -0.25) is 14.4 Å². The third-order valence-corrected chi connectivity index (χ3v) is 6.46. The maximum Gasteiger partial charge on any atom is 0.253 e. The number of piperazine rings is 1. The highest BCUT2D eigenvalue weighted by Crippen LogP contribution is 2.26. The van der Waals surface area contributed by atoms with Gasteiger partial charge in [0.15, 0.2) is 0 Å².